The number of carbonyl (C=O) groups excluding carboxylic acids is 2. The Hall–Kier alpha value is -3.60. The van der Waals surface area contributed by atoms with Crippen LogP contribution in [0.25, 0.3) is 0 Å². The monoisotopic (exact) mass is 359 g/mol. The standard InChI is InChI=1S/C22H17NO4/c24-21(15-8-2-1-3-9-15)16-10-4-5-11-17(16)23-22(25)20-14-26-18-12-6-7-13-19(18)27-20/h1-13,20H,14H2,(H,23,25)/t20-/m0/s1. The molecule has 5 heteroatoms. The zero-order valence-electron chi connectivity index (χ0n) is 14.4. The third-order valence-corrected chi connectivity index (χ3v) is 4.27. The molecule has 1 atom stereocenters. The summed E-state index contributed by atoms with van der Waals surface area (Å²) in [7, 11) is 0. The van der Waals surface area contributed by atoms with Crippen molar-refractivity contribution in [3.05, 3.63) is 90.0 Å². The molecular formula is C22H17NO4. The summed E-state index contributed by atoms with van der Waals surface area (Å²) >= 11 is 0. The normalized spacial score (nSPS) is 15.0. The second kappa shape index (κ2) is 7.33. The molecule has 0 saturated carbocycles. The second-order valence-electron chi connectivity index (χ2n) is 6.09. The van der Waals surface area contributed by atoms with Gasteiger partial charge in [0, 0.05) is 11.1 Å². The molecule has 0 aromatic heterocycles. The fourth-order valence-electron chi connectivity index (χ4n) is 2.90. The van der Waals surface area contributed by atoms with E-state index in [0.29, 0.717) is 28.3 Å². The highest BCUT2D eigenvalue weighted by Crippen LogP contribution is 2.31. The number of benzene rings is 3. The van der Waals surface area contributed by atoms with Gasteiger partial charge >= 0.3 is 0 Å². The van der Waals surface area contributed by atoms with Gasteiger partial charge in [0.15, 0.2) is 17.3 Å². The average Bonchev–Trinajstić information content (AvgIpc) is 2.74. The highest BCUT2D eigenvalue weighted by molar-refractivity contribution is 6.14. The SMILES string of the molecule is O=C(c1ccccc1)c1ccccc1NC(=O)[C@@H]1COc2ccccc2O1. The number of carbonyl (C=O) groups is 2. The smallest absolute Gasteiger partial charge is 0.269 e. The number of hydrogen-bond acceptors (Lipinski definition) is 4. The van der Waals surface area contributed by atoms with Crippen LogP contribution in [0.2, 0.25) is 0 Å². The van der Waals surface area contributed by atoms with Crippen LogP contribution >= 0.6 is 0 Å². The molecular weight excluding hydrogens is 342 g/mol. The number of ketones is 1. The minimum absolute atomic E-state index is 0.109. The Morgan fingerprint density at radius 3 is 2.30 bits per heavy atom. The van der Waals surface area contributed by atoms with Crippen molar-refractivity contribution in [1.29, 1.82) is 0 Å². The van der Waals surface area contributed by atoms with Crippen LogP contribution in [0.5, 0.6) is 11.5 Å². The highest BCUT2D eigenvalue weighted by Gasteiger charge is 2.28. The van der Waals surface area contributed by atoms with Crippen LogP contribution in [0.3, 0.4) is 0 Å². The molecule has 1 N–H and O–H groups in total. The van der Waals surface area contributed by atoms with Crippen LogP contribution in [0.15, 0.2) is 78.9 Å². The van der Waals surface area contributed by atoms with Crippen LogP contribution < -0.4 is 14.8 Å². The number of amides is 1. The molecule has 1 aliphatic heterocycles. The van der Waals surface area contributed by atoms with Gasteiger partial charge in [-0.3, -0.25) is 9.59 Å². The van der Waals surface area contributed by atoms with E-state index in [9.17, 15) is 9.59 Å². The third-order valence-electron chi connectivity index (χ3n) is 4.27. The maximum atomic E-state index is 12.8. The molecule has 5 nitrogen and oxygen atoms in total. The van der Waals surface area contributed by atoms with E-state index in [1.807, 2.05) is 18.2 Å². The van der Waals surface area contributed by atoms with Crippen molar-refractivity contribution in [3.63, 3.8) is 0 Å². The molecule has 1 amide bonds. The summed E-state index contributed by atoms with van der Waals surface area (Å²) in [5.74, 6) is 0.620. The summed E-state index contributed by atoms with van der Waals surface area (Å²) in [6.07, 6.45) is -0.792. The number of hydrogen-bond donors (Lipinski definition) is 1. The minimum atomic E-state index is -0.792. The van der Waals surface area contributed by atoms with Crippen LogP contribution in [0.1, 0.15) is 15.9 Å². The number of fused-ring (bicyclic) bond motifs is 1. The Morgan fingerprint density at radius 1 is 0.815 bits per heavy atom. The lowest BCUT2D eigenvalue weighted by atomic mass is 10.0. The molecule has 0 unspecified atom stereocenters. The fraction of sp³-hybridized carbons (Fsp3) is 0.0909. The van der Waals surface area contributed by atoms with E-state index in [-0.39, 0.29) is 18.3 Å². The third kappa shape index (κ3) is 3.53. The number of rotatable bonds is 4. The van der Waals surface area contributed by atoms with Crippen molar-refractivity contribution in [1.82, 2.24) is 0 Å². The molecule has 1 heterocycles. The van der Waals surface area contributed by atoms with Crippen molar-refractivity contribution in [2.45, 2.75) is 6.10 Å². The van der Waals surface area contributed by atoms with Crippen molar-refractivity contribution in [2.24, 2.45) is 0 Å². The predicted molar refractivity (Wildman–Crippen MR) is 101 cm³/mol. The molecule has 1 aliphatic rings. The molecule has 3 aromatic rings. The molecule has 0 bridgehead atoms. The fourth-order valence-corrected chi connectivity index (χ4v) is 2.90. The maximum absolute atomic E-state index is 12.8. The van der Waals surface area contributed by atoms with Crippen LogP contribution in [-0.2, 0) is 4.79 Å². The molecule has 0 fully saturated rings. The zero-order chi connectivity index (χ0) is 18.6. The quantitative estimate of drug-likeness (QED) is 0.722. The molecule has 0 radical (unpaired) electrons. The van der Waals surface area contributed by atoms with Gasteiger partial charge in [-0.25, -0.2) is 0 Å². The van der Waals surface area contributed by atoms with Gasteiger partial charge in [-0.05, 0) is 24.3 Å². The van der Waals surface area contributed by atoms with Gasteiger partial charge in [0.25, 0.3) is 5.91 Å². The first-order valence-corrected chi connectivity index (χ1v) is 8.60. The van der Waals surface area contributed by atoms with E-state index in [0.717, 1.165) is 0 Å². The largest absolute Gasteiger partial charge is 0.485 e. The Bertz CT molecular complexity index is 984. The number of ether oxygens (including phenoxy) is 2. The lowest BCUT2D eigenvalue weighted by Crippen LogP contribution is -2.40. The summed E-state index contributed by atoms with van der Waals surface area (Å²) in [5, 5.41) is 2.80. The summed E-state index contributed by atoms with van der Waals surface area (Å²) in [5.41, 5.74) is 1.43. The predicted octanol–water partition coefficient (Wildman–Crippen LogP) is 3.70. The lowest BCUT2D eigenvalue weighted by Gasteiger charge is -2.25. The molecule has 0 aliphatic carbocycles. The molecule has 0 saturated heterocycles. The Morgan fingerprint density at radius 2 is 1.48 bits per heavy atom. The molecule has 27 heavy (non-hydrogen) atoms. The van der Waals surface area contributed by atoms with Crippen LogP contribution in [-0.4, -0.2) is 24.4 Å². The van der Waals surface area contributed by atoms with Crippen molar-refractivity contribution >= 4 is 17.4 Å². The van der Waals surface area contributed by atoms with E-state index in [2.05, 4.69) is 5.32 Å². The van der Waals surface area contributed by atoms with E-state index in [1.165, 1.54) is 0 Å². The van der Waals surface area contributed by atoms with Gasteiger partial charge in [0.1, 0.15) is 6.61 Å². The van der Waals surface area contributed by atoms with Crippen LogP contribution in [0, 0.1) is 0 Å². The van der Waals surface area contributed by atoms with Gasteiger partial charge in [-0.1, -0.05) is 54.6 Å². The van der Waals surface area contributed by atoms with Crippen LogP contribution in [0.4, 0.5) is 5.69 Å². The van der Waals surface area contributed by atoms with Gasteiger partial charge in [-0.15, -0.1) is 0 Å². The average molecular weight is 359 g/mol. The highest BCUT2D eigenvalue weighted by atomic mass is 16.6. The first-order valence-electron chi connectivity index (χ1n) is 8.60. The molecule has 134 valence electrons. The van der Waals surface area contributed by atoms with Gasteiger partial charge in [0.05, 0.1) is 5.69 Å². The Balaban J connectivity index is 1.54. The minimum Gasteiger partial charge on any atom is -0.485 e. The van der Waals surface area contributed by atoms with E-state index in [4.69, 9.17) is 9.47 Å². The Labute approximate surface area is 156 Å². The van der Waals surface area contributed by atoms with Crippen molar-refractivity contribution in [3.8, 4) is 11.5 Å². The number of nitrogens with one attached hydrogen (secondary N) is 1. The summed E-state index contributed by atoms with van der Waals surface area (Å²) in [4.78, 5) is 25.4. The maximum Gasteiger partial charge on any atom is 0.269 e. The van der Waals surface area contributed by atoms with Crippen molar-refractivity contribution in [2.75, 3.05) is 11.9 Å². The lowest BCUT2D eigenvalue weighted by molar-refractivity contribution is -0.125. The summed E-state index contributed by atoms with van der Waals surface area (Å²) in [6, 6.07) is 23.1. The van der Waals surface area contributed by atoms with E-state index in [1.54, 1.807) is 60.7 Å². The van der Waals surface area contributed by atoms with E-state index < -0.39 is 6.10 Å². The van der Waals surface area contributed by atoms with E-state index >= 15 is 0 Å². The zero-order valence-corrected chi connectivity index (χ0v) is 14.4. The van der Waals surface area contributed by atoms with Gasteiger partial charge < -0.3 is 14.8 Å². The summed E-state index contributed by atoms with van der Waals surface area (Å²) in [6.45, 7) is 0.109. The second-order valence-corrected chi connectivity index (χ2v) is 6.09. The molecule has 3 aromatic carbocycles. The Kier molecular flexibility index (Phi) is 4.58. The first kappa shape index (κ1) is 16.8. The molecule has 4 rings (SSSR count). The number of para-hydroxylation sites is 3. The molecule has 0 spiro atoms. The van der Waals surface area contributed by atoms with Crippen molar-refractivity contribution < 1.29 is 19.1 Å². The van der Waals surface area contributed by atoms with Gasteiger partial charge in [-0.2, -0.15) is 0 Å². The topological polar surface area (TPSA) is 64.6 Å². The summed E-state index contributed by atoms with van der Waals surface area (Å²) < 4.78 is 11.3. The van der Waals surface area contributed by atoms with Gasteiger partial charge in [0.2, 0.25) is 6.10 Å². The number of anilines is 1. The first-order chi connectivity index (χ1) is 13.2.